The number of hydrogen-bond acceptors (Lipinski definition) is 4. The van der Waals surface area contributed by atoms with E-state index in [-0.39, 0.29) is 5.69 Å². The second kappa shape index (κ2) is 5.21. The summed E-state index contributed by atoms with van der Waals surface area (Å²) >= 11 is 0. The molecule has 6 nitrogen and oxygen atoms in total. The topological polar surface area (TPSA) is 88.3 Å². The summed E-state index contributed by atoms with van der Waals surface area (Å²) in [7, 11) is -3.29. The van der Waals surface area contributed by atoms with Gasteiger partial charge in [0, 0.05) is 6.20 Å². The Labute approximate surface area is 107 Å². The van der Waals surface area contributed by atoms with Crippen LogP contribution in [-0.4, -0.2) is 38.7 Å². The van der Waals surface area contributed by atoms with Crippen LogP contribution in [0.1, 0.15) is 17.4 Å². The summed E-state index contributed by atoms with van der Waals surface area (Å²) in [5.41, 5.74) is -0.178. The minimum absolute atomic E-state index is 0.178. The first kappa shape index (κ1) is 15.5. The molecule has 1 aromatic heterocycles. The van der Waals surface area contributed by atoms with Crippen LogP contribution >= 0.6 is 0 Å². The zero-order valence-corrected chi connectivity index (χ0v) is 10.7. The number of methoxy groups -OCH3 is 1. The fourth-order valence-electron chi connectivity index (χ4n) is 1.13. The minimum atomic E-state index is -4.70. The van der Waals surface area contributed by atoms with E-state index in [1.807, 2.05) is 0 Å². The van der Waals surface area contributed by atoms with Gasteiger partial charge in [0.05, 0.1) is 7.11 Å². The number of aromatic amines is 1. The normalized spacial score (nSPS) is 14.2. The van der Waals surface area contributed by atoms with Crippen molar-refractivity contribution in [1.82, 2.24) is 9.71 Å². The summed E-state index contributed by atoms with van der Waals surface area (Å²) < 4.78 is 65.9. The number of aromatic nitrogens is 1. The highest BCUT2D eigenvalue weighted by molar-refractivity contribution is 7.89. The molecule has 0 saturated carbocycles. The maximum absolute atomic E-state index is 12.3. The van der Waals surface area contributed by atoms with Crippen molar-refractivity contribution in [3.63, 3.8) is 0 Å². The van der Waals surface area contributed by atoms with Crippen molar-refractivity contribution in [3.05, 3.63) is 18.0 Å². The number of carbonyl (C=O) groups is 1. The van der Waals surface area contributed by atoms with Crippen molar-refractivity contribution < 1.29 is 31.1 Å². The van der Waals surface area contributed by atoms with Crippen LogP contribution < -0.4 is 4.72 Å². The maximum atomic E-state index is 12.3. The first-order valence-corrected chi connectivity index (χ1v) is 6.42. The Bertz CT molecular complexity index is 564. The monoisotopic (exact) mass is 300 g/mol. The van der Waals surface area contributed by atoms with E-state index in [9.17, 15) is 26.4 Å². The lowest BCUT2D eigenvalue weighted by Gasteiger charge is -2.16. The molecule has 0 fully saturated rings. The lowest BCUT2D eigenvalue weighted by atomic mass is 10.4. The Morgan fingerprint density at radius 1 is 1.47 bits per heavy atom. The van der Waals surface area contributed by atoms with E-state index >= 15 is 0 Å². The van der Waals surface area contributed by atoms with E-state index in [2.05, 4.69) is 9.72 Å². The molecule has 2 N–H and O–H groups in total. The van der Waals surface area contributed by atoms with Crippen LogP contribution in [0.3, 0.4) is 0 Å². The average Bonchev–Trinajstić information content (AvgIpc) is 2.76. The van der Waals surface area contributed by atoms with E-state index in [4.69, 9.17) is 0 Å². The number of nitrogens with one attached hydrogen (secondary N) is 2. The van der Waals surface area contributed by atoms with Crippen LogP contribution in [-0.2, 0) is 14.8 Å². The molecule has 10 heteroatoms. The van der Waals surface area contributed by atoms with Crippen LogP contribution in [0.25, 0.3) is 0 Å². The molecule has 19 heavy (non-hydrogen) atoms. The van der Waals surface area contributed by atoms with Crippen molar-refractivity contribution in [2.75, 3.05) is 7.11 Å². The Kier molecular flexibility index (Phi) is 4.25. The molecule has 1 rings (SSSR count). The van der Waals surface area contributed by atoms with Gasteiger partial charge >= 0.3 is 12.1 Å². The summed E-state index contributed by atoms with van der Waals surface area (Å²) in [4.78, 5) is 12.9. The van der Waals surface area contributed by atoms with Gasteiger partial charge < -0.3 is 9.72 Å². The fourth-order valence-corrected chi connectivity index (χ4v) is 2.35. The largest absolute Gasteiger partial charge is 0.464 e. The predicted octanol–water partition coefficient (Wildman–Crippen LogP) is 1.03. The molecule has 1 aromatic rings. The number of ether oxygens (including phenoxy) is 1. The van der Waals surface area contributed by atoms with Gasteiger partial charge in [-0.2, -0.15) is 17.9 Å². The number of sulfonamides is 1. The van der Waals surface area contributed by atoms with Gasteiger partial charge in [0.1, 0.15) is 16.6 Å². The molecule has 0 spiro atoms. The Hall–Kier alpha value is -1.55. The smallest absolute Gasteiger partial charge is 0.404 e. The number of carbonyl (C=O) groups excluding carboxylic acids is 1. The number of halogens is 3. The lowest BCUT2D eigenvalue weighted by molar-refractivity contribution is -0.147. The molecule has 0 amide bonds. The molecule has 0 aliphatic rings. The lowest BCUT2D eigenvalue weighted by Crippen LogP contribution is -2.42. The molecule has 0 saturated heterocycles. The molecule has 1 atom stereocenters. The summed E-state index contributed by atoms with van der Waals surface area (Å²) in [6.45, 7) is 0.672. The predicted molar refractivity (Wildman–Crippen MR) is 58.0 cm³/mol. The Morgan fingerprint density at radius 2 is 2.05 bits per heavy atom. The van der Waals surface area contributed by atoms with Crippen LogP contribution in [0.2, 0.25) is 0 Å². The molecule has 0 aromatic carbocycles. The molecule has 0 aliphatic carbocycles. The highest BCUT2D eigenvalue weighted by atomic mass is 32.2. The zero-order chi connectivity index (χ0) is 14.8. The molecule has 0 aliphatic heterocycles. The van der Waals surface area contributed by atoms with E-state index in [0.717, 1.165) is 19.4 Å². The van der Waals surface area contributed by atoms with E-state index in [1.165, 1.54) is 4.72 Å². The molecular weight excluding hydrogens is 289 g/mol. The second-order valence-electron chi connectivity index (χ2n) is 3.63. The van der Waals surface area contributed by atoms with E-state index in [0.29, 0.717) is 6.92 Å². The summed E-state index contributed by atoms with van der Waals surface area (Å²) in [5.74, 6) is -0.828. The molecule has 1 heterocycles. The van der Waals surface area contributed by atoms with Crippen molar-refractivity contribution >= 4 is 16.0 Å². The number of esters is 1. The summed E-state index contributed by atoms with van der Waals surface area (Å²) in [6, 6.07) is -1.36. The molecule has 108 valence electrons. The third kappa shape index (κ3) is 3.70. The standard InChI is InChI=1S/C9H11F3N2O4S/c1-5(9(10,11)12)14-19(16,17)6-3-7(13-4-6)8(15)18-2/h3-5,13-14H,1-2H3/t5-/m1/s1. The number of hydrogen-bond donors (Lipinski definition) is 2. The number of rotatable bonds is 4. The number of alkyl halides is 3. The van der Waals surface area contributed by atoms with Crippen LogP contribution in [0.4, 0.5) is 13.2 Å². The van der Waals surface area contributed by atoms with Gasteiger partial charge in [0.2, 0.25) is 10.0 Å². The highest BCUT2D eigenvalue weighted by Gasteiger charge is 2.39. The van der Waals surface area contributed by atoms with Gasteiger partial charge in [0.15, 0.2) is 0 Å². The maximum Gasteiger partial charge on any atom is 0.404 e. The van der Waals surface area contributed by atoms with Gasteiger partial charge in [-0.05, 0) is 13.0 Å². The highest BCUT2D eigenvalue weighted by Crippen LogP contribution is 2.21. The van der Waals surface area contributed by atoms with Gasteiger partial charge in [-0.3, -0.25) is 0 Å². The van der Waals surface area contributed by atoms with Gasteiger partial charge in [-0.15, -0.1) is 0 Å². The molecule has 0 bridgehead atoms. The third-order valence-corrected chi connectivity index (χ3v) is 3.72. The summed E-state index contributed by atoms with van der Waals surface area (Å²) in [6.07, 6.45) is -3.80. The quantitative estimate of drug-likeness (QED) is 0.813. The molecule has 0 unspecified atom stereocenters. The second-order valence-corrected chi connectivity index (χ2v) is 5.34. The third-order valence-electron chi connectivity index (χ3n) is 2.20. The van der Waals surface area contributed by atoms with Crippen molar-refractivity contribution in [2.24, 2.45) is 0 Å². The van der Waals surface area contributed by atoms with Crippen LogP contribution in [0.5, 0.6) is 0 Å². The van der Waals surface area contributed by atoms with E-state index < -0.39 is 33.1 Å². The van der Waals surface area contributed by atoms with Crippen molar-refractivity contribution in [2.45, 2.75) is 24.0 Å². The van der Waals surface area contributed by atoms with Crippen LogP contribution in [0.15, 0.2) is 17.2 Å². The Balaban J connectivity index is 2.96. The van der Waals surface area contributed by atoms with Gasteiger partial charge in [0.25, 0.3) is 0 Å². The average molecular weight is 300 g/mol. The number of H-pyrrole nitrogens is 1. The SMILES string of the molecule is COC(=O)c1cc(S(=O)(=O)N[C@H](C)C(F)(F)F)c[nH]1. The minimum Gasteiger partial charge on any atom is -0.464 e. The molecular formula is C9H11F3N2O4S. The van der Waals surface area contributed by atoms with Crippen LogP contribution in [0, 0.1) is 0 Å². The zero-order valence-electron chi connectivity index (χ0n) is 9.91. The van der Waals surface area contributed by atoms with Crippen molar-refractivity contribution in [1.29, 1.82) is 0 Å². The van der Waals surface area contributed by atoms with Crippen molar-refractivity contribution in [3.8, 4) is 0 Å². The first-order valence-electron chi connectivity index (χ1n) is 4.93. The van der Waals surface area contributed by atoms with Gasteiger partial charge in [-0.1, -0.05) is 0 Å². The summed E-state index contributed by atoms with van der Waals surface area (Å²) in [5, 5.41) is 0. The first-order chi connectivity index (χ1) is 8.58. The van der Waals surface area contributed by atoms with Gasteiger partial charge in [-0.25, -0.2) is 13.2 Å². The fraction of sp³-hybridized carbons (Fsp3) is 0.444. The molecule has 0 radical (unpaired) electrons. The Morgan fingerprint density at radius 3 is 2.53 bits per heavy atom. The van der Waals surface area contributed by atoms with E-state index in [1.54, 1.807) is 0 Å².